The normalized spacial score (nSPS) is 15.2. The molecule has 0 bridgehead atoms. The molecule has 7 nitrogen and oxygen atoms in total. The lowest BCUT2D eigenvalue weighted by Gasteiger charge is -2.22. The number of nitrogens with one attached hydrogen (secondary N) is 1. The molecule has 1 saturated heterocycles. The zero-order valence-electron chi connectivity index (χ0n) is 18.1. The van der Waals surface area contributed by atoms with E-state index in [-0.39, 0.29) is 27.3 Å². The molecule has 0 aromatic heterocycles. The van der Waals surface area contributed by atoms with Crippen LogP contribution in [0.15, 0.2) is 53.4 Å². The Morgan fingerprint density at radius 1 is 1.03 bits per heavy atom. The lowest BCUT2D eigenvalue weighted by atomic mass is 10.1. The van der Waals surface area contributed by atoms with Gasteiger partial charge in [0.25, 0.3) is 5.91 Å². The summed E-state index contributed by atoms with van der Waals surface area (Å²) < 4.78 is 23.4. The molecule has 0 atom stereocenters. The number of amides is 2. The monoisotopic (exact) mass is 477 g/mol. The van der Waals surface area contributed by atoms with Gasteiger partial charge in [-0.1, -0.05) is 41.9 Å². The Bertz CT molecular complexity index is 1060. The molecule has 1 heterocycles. The van der Waals surface area contributed by atoms with E-state index in [1.165, 1.54) is 23.8 Å². The second-order valence-corrected chi connectivity index (χ2v) is 10.3. The van der Waals surface area contributed by atoms with Crippen LogP contribution in [0.2, 0.25) is 5.02 Å². The number of hydrogen-bond acceptors (Lipinski definition) is 5. The van der Waals surface area contributed by atoms with Crippen LogP contribution in [0.5, 0.6) is 0 Å². The lowest BCUT2D eigenvalue weighted by molar-refractivity contribution is -0.122. The molecule has 2 aromatic rings. The number of halogens is 1. The van der Waals surface area contributed by atoms with Crippen LogP contribution in [0.4, 0.5) is 0 Å². The topological polar surface area (TPSA) is 86.8 Å². The number of rotatable bonds is 7. The summed E-state index contributed by atoms with van der Waals surface area (Å²) in [5.74, 6) is -0.260. The fourth-order valence-corrected chi connectivity index (χ4v) is 4.63. The van der Waals surface area contributed by atoms with Gasteiger partial charge in [-0.3, -0.25) is 14.5 Å². The van der Waals surface area contributed by atoms with Crippen molar-refractivity contribution in [2.24, 2.45) is 0 Å². The quantitative estimate of drug-likeness (QED) is 0.661. The highest BCUT2D eigenvalue weighted by molar-refractivity contribution is 7.90. The van der Waals surface area contributed by atoms with Gasteiger partial charge in [0.1, 0.15) is 0 Å². The van der Waals surface area contributed by atoms with E-state index in [0.717, 1.165) is 25.6 Å². The summed E-state index contributed by atoms with van der Waals surface area (Å²) in [6.45, 7) is 3.20. The molecule has 0 aliphatic carbocycles. The van der Waals surface area contributed by atoms with Crippen LogP contribution in [0, 0.1) is 0 Å². The molecular weight excluding hydrogens is 450 g/mol. The molecule has 0 saturated carbocycles. The summed E-state index contributed by atoms with van der Waals surface area (Å²) in [6, 6.07) is 14.2. The first-order valence-electron chi connectivity index (χ1n) is 10.6. The van der Waals surface area contributed by atoms with Crippen molar-refractivity contribution in [2.75, 3.05) is 45.5 Å². The van der Waals surface area contributed by atoms with Gasteiger partial charge in [-0.25, -0.2) is 8.42 Å². The Morgan fingerprint density at radius 3 is 2.47 bits per heavy atom. The first-order chi connectivity index (χ1) is 15.2. The van der Waals surface area contributed by atoms with E-state index >= 15 is 0 Å². The van der Waals surface area contributed by atoms with E-state index in [1.54, 1.807) is 4.90 Å². The average molecular weight is 478 g/mol. The summed E-state index contributed by atoms with van der Waals surface area (Å²) in [5, 5.41) is 3.08. The Balaban J connectivity index is 1.50. The molecule has 0 radical (unpaired) electrons. The van der Waals surface area contributed by atoms with Crippen molar-refractivity contribution >= 4 is 33.3 Å². The van der Waals surface area contributed by atoms with Crippen LogP contribution >= 0.6 is 11.6 Å². The molecule has 172 valence electrons. The zero-order valence-corrected chi connectivity index (χ0v) is 19.7. The molecular formula is C23H28ClN3O4S. The van der Waals surface area contributed by atoms with Crippen molar-refractivity contribution in [1.82, 2.24) is 15.1 Å². The third kappa shape index (κ3) is 6.79. The Hall–Kier alpha value is -2.42. The summed E-state index contributed by atoms with van der Waals surface area (Å²) in [4.78, 5) is 29.1. The van der Waals surface area contributed by atoms with Gasteiger partial charge in [0.05, 0.1) is 22.0 Å². The van der Waals surface area contributed by atoms with Gasteiger partial charge in [0.2, 0.25) is 5.91 Å². The standard InChI is InChI=1S/C23H28ClN3O4S/c1-32(30,31)19-8-9-20(21(24)16-19)23(29)27-13-5-12-26(14-15-27)17-22(28)25-11-10-18-6-3-2-4-7-18/h2-4,6-9,16H,5,10-15,17H2,1H3,(H,25,28). The predicted molar refractivity (Wildman–Crippen MR) is 125 cm³/mol. The SMILES string of the molecule is CS(=O)(=O)c1ccc(C(=O)N2CCCN(CC(=O)NCCc3ccccc3)CC2)c(Cl)c1. The highest BCUT2D eigenvalue weighted by Crippen LogP contribution is 2.23. The van der Waals surface area contributed by atoms with Gasteiger partial charge in [-0.15, -0.1) is 0 Å². The molecule has 3 rings (SSSR count). The van der Waals surface area contributed by atoms with Crippen molar-refractivity contribution < 1.29 is 18.0 Å². The van der Waals surface area contributed by atoms with E-state index in [2.05, 4.69) is 5.32 Å². The summed E-state index contributed by atoms with van der Waals surface area (Å²) in [5.41, 5.74) is 1.46. The lowest BCUT2D eigenvalue weighted by Crippen LogP contribution is -2.40. The van der Waals surface area contributed by atoms with Crippen LogP contribution in [0.3, 0.4) is 0 Å². The molecule has 1 aliphatic heterocycles. The largest absolute Gasteiger partial charge is 0.355 e. The maximum absolute atomic E-state index is 12.9. The third-order valence-corrected chi connectivity index (χ3v) is 6.84. The van der Waals surface area contributed by atoms with E-state index < -0.39 is 9.84 Å². The van der Waals surface area contributed by atoms with Crippen LogP contribution in [-0.4, -0.2) is 75.6 Å². The molecule has 32 heavy (non-hydrogen) atoms. The molecule has 0 unspecified atom stereocenters. The minimum Gasteiger partial charge on any atom is -0.355 e. The number of carbonyl (C=O) groups excluding carboxylic acids is 2. The van der Waals surface area contributed by atoms with Gasteiger partial charge in [-0.05, 0) is 36.6 Å². The fraction of sp³-hybridized carbons (Fsp3) is 0.391. The highest BCUT2D eigenvalue weighted by Gasteiger charge is 2.23. The number of carbonyl (C=O) groups is 2. The molecule has 9 heteroatoms. The van der Waals surface area contributed by atoms with E-state index in [1.807, 2.05) is 35.2 Å². The van der Waals surface area contributed by atoms with E-state index in [9.17, 15) is 18.0 Å². The van der Waals surface area contributed by atoms with E-state index in [0.29, 0.717) is 32.7 Å². The summed E-state index contributed by atoms with van der Waals surface area (Å²) >= 11 is 6.21. The van der Waals surface area contributed by atoms with Crippen molar-refractivity contribution in [1.29, 1.82) is 0 Å². The van der Waals surface area contributed by atoms with Gasteiger partial charge >= 0.3 is 0 Å². The van der Waals surface area contributed by atoms with Crippen molar-refractivity contribution in [3.63, 3.8) is 0 Å². The third-order valence-electron chi connectivity index (χ3n) is 5.42. The highest BCUT2D eigenvalue weighted by atomic mass is 35.5. The molecule has 1 aliphatic rings. The maximum Gasteiger partial charge on any atom is 0.255 e. The van der Waals surface area contributed by atoms with Gasteiger partial charge in [-0.2, -0.15) is 0 Å². The van der Waals surface area contributed by atoms with Crippen LogP contribution < -0.4 is 5.32 Å². The van der Waals surface area contributed by atoms with Gasteiger partial charge in [0.15, 0.2) is 9.84 Å². The number of hydrogen-bond donors (Lipinski definition) is 1. The smallest absolute Gasteiger partial charge is 0.255 e. The van der Waals surface area contributed by atoms with Gasteiger partial charge in [0, 0.05) is 39.0 Å². The first-order valence-corrected chi connectivity index (χ1v) is 12.8. The predicted octanol–water partition coefficient (Wildman–Crippen LogP) is 2.25. The molecule has 1 N–H and O–H groups in total. The fourth-order valence-electron chi connectivity index (χ4n) is 3.65. The minimum absolute atomic E-state index is 0.0277. The van der Waals surface area contributed by atoms with E-state index in [4.69, 9.17) is 11.6 Å². The number of nitrogens with zero attached hydrogens (tertiary/aromatic N) is 2. The summed E-state index contributed by atoms with van der Waals surface area (Å²) in [7, 11) is -3.39. The average Bonchev–Trinajstić information content (AvgIpc) is 2.99. The Morgan fingerprint density at radius 2 is 1.78 bits per heavy atom. The summed E-state index contributed by atoms with van der Waals surface area (Å²) in [6.07, 6.45) is 2.62. The Labute approximate surface area is 194 Å². The van der Waals surface area contributed by atoms with Gasteiger partial charge < -0.3 is 10.2 Å². The van der Waals surface area contributed by atoms with Crippen LogP contribution in [-0.2, 0) is 21.1 Å². The Kier molecular flexibility index (Phi) is 8.28. The van der Waals surface area contributed by atoms with Crippen LogP contribution in [0.25, 0.3) is 0 Å². The molecule has 0 spiro atoms. The first kappa shape index (κ1) is 24.2. The zero-order chi connectivity index (χ0) is 23.1. The van der Waals surface area contributed by atoms with Crippen LogP contribution in [0.1, 0.15) is 22.3 Å². The molecule has 2 aromatic carbocycles. The molecule has 2 amide bonds. The van der Waals surface area contributed by atoms with Crippen molar-refractivity contribution in [3.05, 3.63) is 64.7 Å². The maximum atomic E-state index is 12.9. The van der Waals surface area contributed by atoms with Crippen molar-refractivity contribution in [3.8, 4) is 0 Å². The number of sulfone groups is 1. The molecule has 1 fully saturated rings. The van der Waals surface area contributed by atoms with Crippen molar-refractivity contribution in [2.45, 2.75) is 17.7 Å². The number of benzene rings is 2. The second kappa shape index (κ2) is 10.9. The second-order valence-electron chi connectivity index (χ2n) is 7.92. The minimum atomic E-state index is -3.39.